The van der Waals surface area contributed by atoms with Gasteiger partial charge in [-0.25, -0.2) is 0 Å². The molecule has 0 aliphatic carbocycles. The Hall–Kier alpha value is -4.51. The summed E-state index contributed by atoms with van der Waals surface area (Å²) in [6.45, 7) is 1.90. The van der Waals surface area contributed by atoms with Crippen molar-refractivity contribution in [1.29, 1.82) is 0 Å². The van der Waals surface area contributed by atoms with E-state index >= 15 is 0 Å². The Morgan fingerprint density at radius 2 is 1.19 bits per heavy atom. The molecular formula is C31H26N2O3. The maximum Gasteiger partial charge on any atom is 0.262 e. The van der Waals surface area contributed by atoms with E-state index in [2.05, 4.69) is 17.4 Å². The van der Waals surface area contributed by atoms with Gasteiger partial charge in [0.2, 0.25) is 5.91 Å². The molecule has 0 fully saturated rings. The lowest BCUT2D eigenvalue weighted by molar-refractivity contribution is -0.125. The Balaban J connectivity index is 1.38. The molecule has 5 nitrogen and oxygen atoms in total. The van der Waals surface area contributed by atoms with Crippen molar-refractivity contribution in [1.82, 2.24) is 10.2 Å². The smallest absolute Gasteiger partial charge is 0.262 e. The minimum Gasteiger partial charge on any atom is -0.348 e. The van der Waals surface area contributed by atoms with E-state index in [1.807, 2.05) is 79.7 Å². The normalized spacial score (nSPS) is 14.3. The second-order valence-corrected chi connectivity index (χ2v) is 8.95. The topological polar surface area (TPSA) is 66.5 Å². The number of rotatable bonds is 7. The van der Waals surface area contributed by atoms with Gasteiger partial charge in [-0.05, 0) is 41.3 Å². The Bertz CT molecular complexity index is 1360. The first kappa shape index (κ1) is 23.2. The Morgan fingerprint density at radius 1 is 0.694 bits per heavy atom. The maximum absolute atomic E-state index is 13.6. The van der Waals surface area contributed by atoms with Crippen LogP contribution in [-0.4, -0.2) is 28.7 Å². The van der Waals surface area contributed by atoms with Crippen LogP contribution in [0.5, 0.6) is 0 Å². The summed E-state index contributed by atoms with van der Waals surface area (Å²) in [6.07, 6.45) is 0.234. The number of nitrogens with one attached hydrogen (secondary N) is 1. The quantitative estimate of drug-likeness (QED) is 0.363. The second kappa shape index (κ2) is 10.0. The first-order valence-corrected chi connectivity index (χ1v) is 12.0. The number of nitrogens with zero attached hydrogens (tertiary/aromatic N) is 1. The second-order valence-electron chi connectivity index (χ2n) is 8.95. The third-order valence-corrected chi connectivity index (χ3v) is 6.59. The van der Waals surface area contributed by atoms with Crippen LogP contribution in [0.1, 0.15) is 44.8 Å². The molecule has 1 aliphatic heterocycles. The standard InChI is InChI=1S/C31H26N2O3/c1-21(23-16-18-25(19-17-23)24-12-6-3-7-13-24)32-29(34)28(20-22-10-4-2-5-11-22)33-30(35)26-14-8-9-15-27(26)31(33)36/h2-19,21,28H,20H2,1H3,(H,32,34)/t21-,28+/m0/s1. The molecule has 3 amide bonds. The molecule has 5 heteroatoms. The van der Waals surface area contributed by atoms with Crippen molar-refractivity contribution >= 4 is 17.7 Å². The molecule has 5 rings (SSSR count). The number of benzene rings is 4. The predicted octanol–water partition coefficient (Wildman–Crippen LogP) is 5.44. The zero-order valence-electron chi connectivity index (χ0n) is 19.9. The molecule has 36 heavy (non-hydrogen) atoms. The van der Waals surface area contributed by atoms with Gasteiger partial charge in [0.15, 0.2) is 0 Å². The summed E-state index contributed by atoms with van der Waals surface area (Å²) in [6, 6.07) is 33.0. The van der Waals surface area contributed by atoms with Crippen molar-refractivity contribution in [2.75, 3.05) is 0 Å². The summed E-state index contributed by atoms with van der Waals surface area (Å²) < 4.78 is 0. The molecule has 1 heterocycles. The van der Waals surface area contributed by atoms with E-state index in [-0.39, 0.29) is 18.4 Å². The monoisotopic (exact) mass is 474 g/mol. The SMILES string of the molecule is C[C@H](NC(=O)[C@@H](Cc1ccccc1)N1C(=O)c2ccccc2C1=O)c1ccc(-c2ccccc2)cc1. The van der Waals surface area contributed by atoms with Gasteiger partial charge in [0.05, 0.1) is 17.2 Å². The van der Waals surface area contributed by atoms with Gasteiger partial charge < -0.3 is 5.32 Å². The molecule has 0 aromatic heterocycles. The van der Waals surface area contributed by atoms with E-state index in [0.29, 0.717) is 11.1 Å². The van der Waals surface area contributed by atoms with Gasteiger partial charge in [-0.15, -0.1) is 0 Å². The highest BCUT2D eigenvalue weighted by Gasteiger charge is 2.42. The minimum absolute atomic E-state index is 0.234. The van der Waals surface area contributed by atoms with Crippen LogP contribution >= 0.6 is 0 Å². The van der Waals surface area contributed by atoms with Crippen LogP contribution < -0.4 is 5.32 Å². The fraction of sp³-hybridized carbons (Fsp3) is 0.129. The molecule has 1 aliphatic rings. The lowest BCUT2D eigenvalue weighted by Crippen LogP contribution is -2.51. The lowest BCUT2D eigenvalue weighted by atomic mass is 10.00. The minimum atomic E-state index is -0.967. The van der Waals surface area contributed by atoms with Gasteiger partial charge in [0, 0.05) is 6.42 Å². The number of carbonyl (C=O) groups excluding carboxylic acids is 3. The summed E-state index contributed by atoms with van der Waals surface area (Å²) in [5, 5.41) is 3.04. The molecule has 1 N–H and O–H groups in total. The Labute approximate surface area is 210 Å². The third-order valence-electron chi connectivity index (χ3n) is 6.59. The fourth-order valence-electron chi connectivity index (χ4n) is 4.62. The van der Waals surface area contributed by atoms with Crippen LogP contribution in [0.4, 0.5) is 0 Å². The number of hydrogen-bond acceptors (Lipinski definition) is 3. The summed E-state index contributed by atoms with van der Waals surface area (Å²) in [5.41, 5.74) is 4.67. The zero-order valence-corrected chi connectivity index (χ0v) is 19.9. The van der Waals surface area contributed by atoms with Crippen molar-refractivity contribution < 1.29 is 14.4 Å². The Kier molecular flexibility index (Phi) is 6.46. The van der Waals surface area contributed by atoms with E-state index < -0.39 is 17.9 Å². The van der Waals surface area contributed by atoms with Crippen molar-refractivity contribution in [2.24, 2.45) is 0 Å². The molecule has 4 aromatic rings. The maximum atomic E-state index is 13.6. The third kappa shape index (κ3) is 4.56. The number of amides is 3. The van der Waals surface area contributed by atoms with Crippen molar-refractivity contribution in [3.05, 3.63) is 131 Å². The molecule has 0 saturated heterocycles. The highest BCUT2D eigenvalue weighted by Crippen LogP contribution is 2.27. The largest absolute Gasteiger partial charge is 0.348 e. The van der Waals surface area contributed by atoms with Crippen LogP contribution in [0.2, 0.25) is 0 Å². The van der Waals surface area contributed by atoms with Gasteiger partial charge in [-0.1, -0.05) is 97.1 Å². The molecular weight excluding hydrogens is 448 g/mol. The number of carbonyl (C=O) groups is 3. The fourth-order valence-corrected chi connectivity index (χ4v) is 4.62. The van der Waals surface area contributed by atoms with Gasteiger partial charge in [-0.3, -0.25) is 19.3 Å². The molecule has 4 aromatic carbocycles. The van der Waals surface area contributed by atoms with Crippen LogP contribution in [0.15, 0.2) is 109 Å². The summed E-state index contributed by atoms with van der Waals surface area (Å²) in [5.74, 6) is -1.24. The van der Waals surface area contributed by atoms with Crippen LogP contribution in [0, 0.1) is 0 Å². The van der Waals surface area contributed by atoms with Crippen LogP contribution in [0.3, 0.4) is 0 Å². The molecule has 0 spiro atoms. The van der Waals surface area contributed by atoms with Gasteiger partial charge in [0.25, 0.3) is 11.8 Å². The first-order chi connectivity index (χ1) is 17.5. The van der Waals surface area contributed by atoms with Gasteiger partial charge in [-0.2, -0.15) is 0 Å². The number of hydrogen-bond donors (Lipinski definition) is 1. The van der Waals surface area contributed by atoms with Gasteiger partial charge >= 0.3 is 0 Å². The van der Waals surface area contributed by atoms with E-state index in [4.69, 9.17) is 0 Å². The Morgan fingerprint density at radius 3 is 1.78 bits per heavy atom. The lowest BCUT2D eigenvalue weighted by Gasteiger charge is -2.27. The molecule has 0 saturated carbocycles. The van der Waals surface area contributed by atoms with Crippen LogP contribution in [-0.2, 0) is 11.2 Å². The summed E-state index contributed by atoms with van der Waals surface area (Å²) in [4.78, 5) is 41.1. The van der Waals surface area contributed by atoms with E-state index in [9.17, 15) is 14.4 Å². The molecule has 0 unspecified atom stereocenters. The highest BCUT2D eigenvalue weighted by molar-refractivity contribution is 6.22. The van der Waals surface area contributed by atoms with E-state index in [1.54, 1.807) is 24.3 Å². The summed E-state index contributed by atoms with van der Waals surface area (Å²) in [7, 11) is 0. The predicted molar refractivity (Wildman–Crippen MR) is 139 cm³/mol. The van der Waals surface area contributed by atoms with E-state index in [0.717, 1.165) is 27.2 Å². The average molecular weight is 475 g/mol. The van der Waals surface area contributed by atoms with Crippen molar-refractivity contribution in [3.63, 3.8) is 0 Å². The van der Waals surface area contributed by atoms with Crippen LogP contribution in [0.25, 0.3) is 11.1 Å². The molecule has 178 valence electrons. The van der Waals surface area contributed by atoms with E-state index in [1.165, 1.54) is 0 Å². The van der Waals surface area contributed by atoms with Crippen molar-refractivity contribution in [2.45, 2.75) is 25.4 Å². The zero-order chi connectivity index (χ0) is 25.1. The molecule has 0 bridgehead atoms. The number of fused-ring (bicyclic) bond motifs is 1. The summed E-state index contributed by atoms with van der Waals surface area (Å²) >= 11 is 0. The van der Waals surface area contributed by atoms with Crippen molar-refractivity contribution in [3.8, 4) is 11.1 Å². The average Bonchev–Trinajstić information content (AvgIpc) is 3.18. The molecule has 2 atom stereocenters. The number of imide groups is 1. The highest BCUT2D eigenvalue weighted by atomic mass is 16.2. The van der Waals surface area contributed by atoms with Gasteiger partial charge in [0.1, 0.15) is 6.04 Å². The molecule has 0 radical (unpaired) electrons. The first-order valence-electron chi connectivity index (χ1n) is 12.0.